The number of carbonyl (C=O) groups is 1. The summed E-state index contributed by atoms with van der Waals surface area (Å²) in [6.45, 7) is 12.3. The molecule has 1 heterocycles. The Bertz CT molecular complexity index is 516. The lowest BCUT2D eigenvalue weighted by atomic mass is 9.95. The first-order chi connectivity index (χ1) is 11.4. The summed E-state index contributed by atoms with van der Waals surface area (Å²) >= 11 is 0. The first-order valence-electron chi connectivity index (χ1n) is 8.74. The number of rotatable bonds is 6. The van der Waals surface area contributed by atoms with Crippen molar-refractivity contribution in [3.8, 4) is 5.75 Å². The van der Waals surface area contributed by atoms with Gasteiger partial charge in [-0.1, -0.05) is 32.9 Å². The molecule has 0 radical (unpaired) electrons. The number of hydrogen-bond donors (Lipinski definition) is 1. The molecule has 0 aromatic heterocycles. The molecule has 0 saturated carbocycles. The number of nitrogens with zero attached hydrogens (tertiary/aromatic N) is 1. The van der Waals surface area contributed by atoms with E-state index in [1.165, 1.54) is 5.56 Å². The van der Waals surface area contributed by atoms with E-state index >= 15 is 0 Å². The minimum atomic E-state index is -0.381. The van der Waals surface area contributed by atoms with Crippen molar-refractivity contribution in [2.45, 2.75) is 33.7 Å². The molecule has 0 aliphatic carbocycles. The zero-order valence-electron chi connectivity index (χ0n) is 15.3. The van der Waals surface area contributed by atoms with Gasteiger partial charge in [0.25, 0.3) is 0 Å². The molecule has 1 atom stereocenters. The fourth-order valence-electron chi connectivity index (χ4n) is 2.75. The molecule has 1 unspecified atom stereocenters. The van der Waals surface area contributed by atoms with Crippen molar-refractivity contribution in [1.29, 1.82) is 0 Å². The normalized spacial score (nSPS) is 17.3. The maximum atomic E-state index is 12.2. The van der Waals surface area contributed by atoms with Crippen LogP contribution in [-0.2, 0) is 9.53 Å². The molecule has 1 aromatic carbocycles. The summed E-state index contributed by atoms with van der Waals surface area (Å²) in [5, 5.41) is 3.11. The Morgan fingerprint density at radius 3 is 2.42 bits per heavy atom. The van der Waals surface area contributed by atoms with Gasteiger partial charge in [0.15, 0.2) is 0 Å². The molecule has 1 fully saturated rings. The molecular weight excluding hydrogens is 304 g/mol. The SMILES string of the molecule is CCOc1ccc(C(CNC(=O)C(C)(C)C)N2CCOCC2)cc1. The molecule has 1 N–H and O–H groups in total. The molecule has 5 heteroatoms. The molecule has 1 aliphatic heterocycles. The third kappa shape index (κ3) is 5.21. The minimum absolute atomic E-state index is 0.0756. The van der Waals surface area contributed by atoms with Crippen LogP contribution in [0, 0.1) is 5.41 Å². The van der Waals surface area contributed by atoms with Crippen molar-refractivity contribution in [3.63, 3.8) is 0 Å². The van der Waals surface area contributed by atoms with Crippen LogP contribution in [0.5, 0.6) is 5.75 Å². The summed E-state index contributed by atoms with van der Waals surface area (Å²) in [6, 6.07) is 8.33. The highest BCUT2D eigenvalue weighted by Gasteiger charge is 2.26. The lowest BCUT2D eigenvalue weighted by Gasteiger charge is -2.35. The summed E-state index contributed by atoms with van der Waals surface area (Å²) in [4.78, 5) is 14.6. The monoisotopic (exact) mass is 334 g/mol. The highest BCUT2D eigenvalue weighted by molar-refractivity contribution is 5.81. The van der Waals surface area contributed by atoms with Gasteiger partial charge < -0.3 is 14.8 Å². The smallest absolute Gasteiger partial charge is 0.225 e. The average Bonchev–Trinajstić information content (AvgIpc) is 2.56. The second kappa shape index (κ2) is 8.49. The molecule has 0 spiro atoms. The van der Waals surface area contributed by atoms with E-state index in [0.717, 1.165) is 32.1 Å². The van der Waals surface area contributed by atoms with Crippen LogP contribution in [0.15, 0.2) is 24.3 Å². The lowest BCUT2D eigenvalue weighted by Crippen LogP contribution is -2.45. The van der Waals surface area contributed by atoms with Crippen LogP contribution >= 0.6 is 0 Å². The topological polar surface area (TPSA) is 50.8 Å². The Balaban J connectivity index is 2.11. The van der Waals surface area contributed by atoms with Crippen LogP contribution < -0.4 is 10.1 Å². The molecule has 1 aromatic rings. The van der Waals surface area contributed by atoms with E-state index in [4.69, 9.17) is 9.47 Å². The van der Waals surface area contributed by atoms with Gasteiger partial charge in [-0.25, -0.2) is 0 Å². The summed E-state index contributed by atoms with van der Waals surface area (Å²) in [5.41, 5.74) is 0.809. The Labute approximate surface area is 145 Å². The fourth-order valence-corrected chi connectivity index (χ4v) is 2.75. The summed E-state index contributed by atoms with van der Waals surface area (Å²) in [6.07, 6.45) is 0. The van der Waals surface area contributed by atoms with Crippen molar-refractivity contribution in [3.05, 3.63) is 29.8 Å². The van der Waals surface area contributed by atoms with Gasteiger partial charge in [0.05, 0.1) is 25.9 Å². The van der Waals surface area contributed by atoms with Crippen LogP contribution in [0.4, 0.5) is 0 Å². The number of ether oxygens (including phenoxy) is 2. The van der Waals surface area contributed by atoms with Gasteiger partial charge in [0.2, 0.25) is 5.91 Å². The zero-order chi connectivity index (χ0) is 17.6. The highest BCUT2D eigenvalue weighted by Crippen LogP contribution is 2.24. The van der Waals surface area contributed by atoms with E-state index < -0.39 is 0 Å². The summed E-state index contributed by atoms with van der Waals surface area (Å²) < 4.78 is 11.0. The number of hydrogen-bond acceptors (Lipinski definition) is 4. The van der Waals surface area contributed by atoms with Crippen molar-refractivity contribution in [1.82, 2.24) is 10.2 Å². The van der Waals surface area contributed by atoms with Crippen molar-refractivity contribution in [2.24, 2.45) is 5.41 Å². The van der Waals surface area contributed by atoms with Crippen LogP contribution in [-0.4, -0.2) is 50.3 Å². The Hall–Kier alpha value is -1.59. The number of benzene rings is 1. The predicted octanol–water partition coefficient (Wildman–Crippen LogP) is 2.62. The van der Waals surface area contributed by atoms with Gasteiger partial charge in [-0.05, 0) is 24.6 Å². The van der Waals surface area contributed by atoms with E-state index in [-0.39, 0.29) is 17.4 Å². The van der Waals surface area contributed by atoms with Crippen molar-refractivity contribution >= 4 is 5.91 Å². The second-order valence-electron chi connectivity index (χ2n) is 7.13. The molecule has 2 rings (SSSR count). The van der Waals surface area contributed by atoms with Gasteiger partial charge in [0.1, 0.15) is 5.75 Å². The first-order valence-corrected chi connectivity index (χ1v) is 8.74. The van der Waals surface area contributed by atoms with Crippen LogP contribution in [0.3, 0.4) is 0 Å². The van der Waals surface area contributed by atoms with Crippen LogP contribution in [0.2, 0.25) is 0 Å². The maximum Gasteiger partial charge on any atom is 0.225 e. The van der Waals surface area contributed by atoms with Gasteiger partial charge in [0, 0.05) is 25.0 Å². The molecule has 24 heavy (non-hydrogen) atoms. The molecule has 134 valence electrons. The molecule has 1 aliphatic rings. The third-order valence-electron chi connectivity index (χ3n) is 4.20. The second-order valence-corrected chi connectivity index (χ2v) is 7.13. The van der Waals surface area contributed by atoms with E-state index in [2.05, 4.69) is 22.3 Å². The Kier molecular flexibility index (Phi) is 6.63. The maximum absolute atomic E-state index is 12.2. The average molecular weight is 334 g/mol. The van der Waals surface area contributed by atoms with E-state index in [0.29, 0.717) is 13.2 Å². The minimum Gasteiger partial charge on any atom is -0.494 e. The quantitative estimate of drug-likeness (QED) is 0.869. The van der Waals surface area contributed by atoms with Crippen molar-refractivity contribution in [2.75, 3.05) is 39.5 Å². The van der Waals surface area contributed by atoms with Crippen LogP contribution in [0.1, 0.15) is 39.3 Å². The number of morpholine rings is 1. The highest BCUT2D eigenvalue weighted by atomic mass is 16.5. The fraction of sp³-hybridized carbons (Fsp3) is 0.632. The molecule has 1 amide bonds. The van der Waals surface area contributed by atoms with E-state index in [9.17, 15) is 4.79 Å². The van der Waals surface area contributed by atoms with Gasteiger partial charge in [-0.15, -0.1) is 0 Å². The van der Waals surface area contributed by atoms with Crippen molar-refractivity contribution < 1.29 is 14.3 Å². The molecular formula is C19H30N2O3. The standard InChI is InChI=1S/C19H30N2O3/c1-5-24-16-8-6-15(7-9-16)17(21-10-12-23-13-11-21)14-20-18(22)19(2,3)4/h6-9,17H,5,10-14H2,1-4H3,(H,20,22). The predicted molar refractivity (Wildman–Crippen MR) is 95.2 cm³/mol. The lowest BCUT2D eigenvalue weighted by molar-refractivity contribution is -0.128. The molecule has 1 saturated heterocycles. The van der Waals surface area contributed by atoms with Crippen LogP contribution in [0.25, 0.3) is 0 Å². The van der Waals surface area contributed by atoms with Gasteiger partial charge >= 0.3 is 0 Å². The first kappa shape index (κ1) is 18.7. The summed E-state index contributed by atoms with van der Waals surface area (Å²) in [5.74, 6) is 0.951. The Morgan fingerprint density at radius 1 is 1.25 bits per heavy atom. The number of nitrogens with one attached hydrogen (secondary N) is 1. The summed E-state index contributed by atoms with van der Waals surface area (Å²) in [7, 11) is 0. The molecule has 0 bridgehead atoms. The van der Waals surface area contributed by atoms with E-state index in [1.807, 2.05) is 39.8 Å². The number of amides is 1. The molecule has 5 nitrogen and oxygen atoms in total. The van der Waals surface area contributed by atoms with Gasteiger partial charge in [-0.2, -0.15) is 0 Å². The zero-order valence-corrected chi connectivity index (χ0v) is 15.3. The third-order valence-corrected chi connectivity index (χ3v) is 4.20. The Morgan fingerprint density at radius 2 is 1.88 bits per heavy atom. The van der Waals surface area contributed by atoms with E-state index in [1.54, 1.807) is 0 Å². The van der Waals surface area contributed by atoms with Gasteiger partial charge in [-0.3, -0.25) is 9.69 Å². The largest absolute Gasteiger partial charge is 0.494 e. The number of carbonyl (C=O) groups excluding carboxylic acids is 1.